The number of alkyl halides is 3. The molecule has 0 radical (unpaired) electrons. The molecular weight excluding hydrogens is 369 g/mol. The quantitative estimate of drug-likeness (QED) is 0.528. The molecule has 0 saturated heterocycles. The second-order valence-electron chi connectivity index (χ2n) is 7.88. The molecule has 2 rings (SSSR count). The number of rotatable bonds is 6. The first-order valence-electron chi connectivity index (χ1n) is 9.77. The highest BCUT2D eigenvalue weighted by Crippen LogP contribution is 2.53. The Balaban J connectivity index is 2.54. The average Bonchev–Trinajstić information content (AvgIpc) is 2.65. The first-order valence-corrected chi connectivity index (χ1v) is 9.77. The number of aryl methyl sites for hydroxylation is 1. The van der Waals surface area contributed by atoms with Crippen LogP contribution in [0.3, 0.4) is 0 Å². The van der Waals surface area contributed by atoms with Gasteiger partial charge in [0.15, 0.2) is 5.60 Å². The lowest BCUT2D eigenvalue weighted by atomic mass is 9.70. The summed E-state index contributed by atoms with van der Waals surface area (Å²) in [5.41, 5.74) is -2.08. The molecule has 0 aromatic heterocycles. The highest BCUT2D eigenvalue weighted by atomic mass is 19.4. The molecule has 1 aliphatic carbocycles. The van der Waals surface area contributed by atoms with Crippen LogP contribution in [0.15, 0.2) is 17.1 Å². The lowest BCUT2D eigenvalue weighted by molar-refractivity contribution is -0.291. The zero-order valence-corrected chi connectivity index (χ0v) is 17.3. The summed E-state index contributed by atoms with van der Waals surface area (Å²) >= 11 is 0. The summed E-state index contributed by atoms with van der Waals surface area (Å²) in [6.45, 7) is 6.46. The zero-order chi connectivity index (χ0) is 21.1. The molecule has 0 spiro atoms. The molecule has 1 saturated carbocycles. The third-order valence-electron chi connectivity index (χ3n) is 5.86. The van der Waals surface area contributed by atoms with Gasteiger partial charge in [-0.05, 0) is 44.2 Å². The van der Waals surface area contributed by atoms with Crippen LogP contribution in [0.5, 0.6) is 5.75 Å². The number of benzene rings is 1. The van der Waals surface area contributed by atoms with E-state index in [1.807, 2.05) is 25.8 Å². The summed E-state index contributed by atoms with van der Waals surface area (Å²) in [6, 6.07) is 2.86. The van der Waals surface area contributed by atoms with Gasteiger partial charge in [0, 0.05) is 31.1 Å². The van der Waals surface area contributed by atoms with E-state index in [1.54, 1.807) is 13.3 Å². The van der Waals surface area contributed by atoms with Crippen molar-refractivity contribution < 1.29 is 23.0 Å². The van der Waals surface area contributed by atoms with Crippen LogP contribution < -0.4 is 4.74 Å². The number of methoxy groups -OCH3 is 1. The van der Waals surface area contributed by atoms with Crippen LogP contribution in [0.2, 0.25) is 0 Å². The summed E-state index contributed by atoms with van der Waals surface area (Å²) in [7, 11) is 3.18. The summed E-state index contributed by atoms with van der Waals surface area (Å²) < 4.78 is 47.8. The number of ether oxygens (including phenoxy) is 1. The third-order valence-corrected chi connectivity index (χ3v) is 5.86. The monoisotopic (exact) mass is 400 g/mol. The van der Waals surface area contributed by atoms with Crippen molar-refractivity contribution in [3.8, 4) is 5.75 Å². The lowest BCUT2D eigenvalue weighted by Gasteiger charge is -2.41. The summed E-state index contributed by atoms with van der Waals surface area (Å²) in [6.07, 6.45) is -1.15. The topological polar surface area (TPSA) is 45.1 Å². The molecule has 1 atom stereocenters. The van der Waals surface area contributed by atoms with Crippen LogP contribution >= 0.6 is 0 Å². The predicted octanol–water partition coefficient (Wildman–Crippen LogP) is 5.19. The predicted molar refractivity (Wildman–Crippen MR) is 105 cm³/mol. The molecule has 1 fully saturated rings. The molecule has 0 aliphatic heterocycles. The number of aliphatic imine (C=N–C) groups is 1. The van der Waals surface area contributed by atoms with Gasteiger partial charge in [-0.3, -0.25) is 0 Å². The van der Waals surface area contributed by atoms with Gasteiger partial charge in [-0.25, -0.2) is 4.99 Å². The van der Waals surface area contributed by atoms with Gasteiger partial charge in [-0.2, -0.15) is 13.2 Å². The van der Waals surface area contributed by atoms with Crippen LogP contribution in [-0.4, -0.2) is 43.2 Å². The van der Waals surface area contributed by atoms with E-state index in [9.17, 15) is 18.3 Å². The van der Waals surface area contributed by atoms with Gasteiger partial charge >= 0.3 is 6.18 Å². The van der Waals surface area contributed by atoms with Crippen LogP contribution in [-0.2, 0) is 5.60 Å². The maximum absolute atomic E-state index is 14.2. The Hall–Kier alpha value is -1.76. The molecule has 0 heterocycles. The Bertz CT molecular complexity index is 698. The minimum Gasteiger partial charge on any atom is -0.496 e. The first kappa shape index (κ1) is 22.5. The molecule has 4 nitrogen and oxygen atoms in total. The molecule has 1 aromatic rings. The Morgan fingerprint density at radius 3 is 2.36 bits per heavy atom. The van der Waals surface area contributed by atoms with Crippen molar-refractivity contribution in [1.82, 2.24) is 4.90 Å². The fraction of sp³-hybridized carbons (Fsp3) is 0.667. The summed E-state index contributed by atoms with van der Waals surface area (Å²) in [5, 5.41) is 11.1. The first-order chi connectivity index (χ1) is 13.0. The largest absolute Gasteiger partial charge is 0.496 e. The van der Waals surface area contributed by atoms with Gasteiger partial charge in [0.05, 0.1) is 19.1 Å². The van der Waals surface area contributed by atoms with Crippen LogP contribution in [0.4, 0.5) is 18.9 Å². The van der Waals surface area contributed by atoms with Gasteiger partial charge in [0.25, 0.3) is 0 Å². The van der Waals surface area contributed by atoms with E-state index in [2.05, 4.69) is 4.99 Å². The maximum atomic E-state index is 14.2. The second-order valence-corrected chi connectivity index (χ2v) is 7.88. The maximum Gasteiger partial charge on any atom is 0.421 e. The van der Waals surface area contributed by atoms with Crippen LogP contribution in [0.1, 0.15) is 50.7 Å². The van der Waals surface area contributed by atoms with E-state index in [0.29, 0.717) is 42.9 Å². The molecule has 7 heteroatoms. The molecule has 158 valence electrons. The number of hydrogen-bond donors (Lipinski definition) is 1. The molecule has 0 bridgehead atoms. The standard InChI is InChI=1S/C21H31F3N2O2/c1-6-26(4)13-25-18-12-19(28-5)17(11-15(18)3)20(27,21(22,23)24)16-9-7-14(2)8-10-16/h11-14,16,27H,6-10H2,1-5H3/b25-13+. The normalized spacial score (nSPS) is 22.9. The molecule has 1 N–H and O–H groups in total. The van der Waals surface area contributed by atoms with Gasteiger partial charge in [0.1, 0.15) is 5.75 Å². The number of hydrogen-bond acceptors (Lipinski definition) is 3. The van der Waals surface area contributed by atoms with Gasteiger partial charge in [-0.15, -0.1) is 0 Å². The van der Waals surface area contributed by atoms with Crippen molar-refractivity contribution in [1.29, 1.82) is 0 Å². The van der Waals surface area contributed by atoms with Crippen LogP contribution in [0, 0.1) is 18.8 Å². The average molecular weight is 400 g/mol. The zero-order valence-electron chi connectivity index (χ0n) is 17.3. The van der Waals surface area contributed by atoms with Gasteiger partial charge in [0.2, 0.25) is 0 Å². The van der Waals surface area contributed by atoms with E-state index in [0.717, 1.165) is 6.54 Å². The van der Waals surface area contributed by atoms with Crippen molar-refractivity contribution in [2.24, 2.45) is 16.8 Å². The Morgan fingerprint density at radius 1 is 1.25 bits per heavy atom. The smallest absolute Gasteiger partial charge is 0.421 e. The Morgan fingerprint density at radius 2 is 1.86 bits per heavy atom. The van der Waals surface area contributed by atoms with Crippen molar-refractivity contribution >= 4 is 12.0 Å². The van der Waals surface area contributed by atoms with E-state index in [-0.39, 0.29) is 11.3 Å². The molecule has 1 aromatic carbocycles. The van der Waals surface area contributed by atoms with Crippen molar-refractivity contribution in [2.75, 3.05) is 20.7 Å². The molecule has 28 heavy (non-hydrogen) atoms. The van der Waals surface area contributed by atoms with Gasteiger partial charge < -0.3 is 14.7 Å². The number of nitrogens with zero attached hydrogens (tertiary/aromatic N) is 2. The highest BCUT2D eigenvalue weighted by molar-refractivity contribution is 5.65. The molecule has 1 aliphatic rings. The van der Waals surface area contributed by atoms with Crippen molar-refractivity contribution in [3.63, 3.8) is 0 Å². The van der Waals surface area contributed by atoms with E-state index in [1.165, 1.54) is 19.2 Å². The Kier molecular flexibility index (Phi) is 7.02. The number of aliphatic hydroxyl groups is 1. The summed E-state index contributed by atoms with van der Waals surface area (Å²) in [4.78, 5) is 6.21. The third kappa shape index (κ3) is 4.45. The second kappa shape index (κ2) is 8.72. The minimum absolute atomic E-state index is 0.00958. The molecule has 1 unspecified atom stereocenters. The van der Waals surface area contributed by atoms with Crippen LogP contribution in [0.25, 0.3) is 0 Å². The van der Waals surface area contributed by atoms with Gasteiger partial charge in [-0.1, -0.05) is 19.8 Å². The van der Waals surface area contributed by atoms with Crippen molar-refractivity contribution in [2.45, 2.75) is 58.2 Å². The van der Waals surface area contributed by atoms with E-state index >= 15 is 0 Å². The fourth-order valence-electron chi connectivity index (χ4n) is 3.81. The van der Waals surface area contributed by atoms with Crippen molar-refractivity contribution in [3.05, 3.63) is 23.3 Å². The van der Waals surface area contributed by atoms with E-state index < -0.39 is 17.7 Å². The molecular formula is C21H31F3N2O2. The Labute approximate surface area is 165 Å². The summed E-state index contributed by atoms with van der Waals surface area (Å²) in [5.74, 6) is -0.502. The van der Waals surface area contributed by atoms with E-state index in [4.69, 9.17) is 4.74 Å². The number of halogens is 3. The fourth-order valence-corrected chi connectivity index (χ4v) is 3.81. The SMILES string of the molecule is CCN(C)/C=N/c1cc(OC)c(C(O)(C2CCC(C)CC2)C(F)(F)F)cc1C. The highest BCUT2D eigenvalue weighted by Gasteiger charge is 2.60. The molecule has 0 amide bonds. The minimum atomic E-state index is -4.80. The lowest BCUT2D eigenvalue weighted by Crippen LogP contribution is -2.49.